The van der Waals surface area contributed by atoms with Crippen molar-refractivity contribution in [1.82, 2.24) is 14.7 Å². The lowest BCUT2D eigenvalue weighted by Crippen LogP contribution is -2.30. The molecule has 0 atom stereocenters. The number of likely N-dealkylation sites (N-methyl/N-ethyl adjacent to an activating group) is 1. The van der Waals surface area contributed by atoms with E-state index in [4.69, 9.17) is 4.74 Å². The van der Waals surface area contributed by atoms with Crippen LogP contribution in [0.5, 0.6) is 5.75 Å². The zero-order valence-corrected chi connectivity index (χ0v) is 15.3. The first kappa shape index (κ1) is 18.0. The summed E-state index contributed by atoms with van der Waals surface area (Å²) in [5.74, 6) is 0.837. The third-order valence-electron chi connectivity index (χ3n) is 4.10. The Bertz CT molecular complexity index is 737. The van der Waals surface area contributed by atoms with Crippen molar-refractivity contribution >= 4 is 11.6 Å². The lowest BCUT2D eigenvalue weighted by molar-refractivity contribution is -0.117. The lowest BCUT2D eigenvalue weighted by Gasteiger charge is -2.17. The summed E-state index contributed by atoms with van der Waals surface area (Å²) in [7, 11) is 5.47. The van der Waals surface area contributed by atoms with Crippen LogP contribution in [0.25, 0.3) is 0 Å². The number of benzene rings is 1. The number of aromatic nitrogens is 2. The smallest absolute Gasteiger partial charge is 0.238 e. The molecule has 2 rings (SSSR count). The van der Waals surface area contributed by atoms with Crippen molar-refractivity contribution in [2.75, 3.05) is 26.0 Å². The van der Waals surface area contributed by atoms with Gasteiger partial charge in [0.15, 0.2) is 0 Å². The zero-order chi connectivity index (χ0) is 17.9. The van der Waals surface area contributed by atoms with E-state index in [-0.39, 0.29) is 5.91 Å². The molecule has 24 heavy (non-hydrogen) atoms. The third-order valence-corrected chi connectivity index (χ3v) is 4.10. The molecule has 1 N–H and O–H groups in total. The van der Waals surface area contributed by atoms with E-state index in [1.54, 1.807) is 11.8 Å². The van der Waals surface area contributed by atoms with Crippen molar-refractivity contribution in [2.24, 2.45) is 7.05 Å². The van der Waals surface area contributed by atoms with E-state index in [1.807, 2.05) is 51.9 Å². The average molecular weight is 330 g/mol. The van der Waals surface area contributed by atoms with Crippen LogP contribution in [-0.2, 0) is 18.4 Å². The molecule has 0 aliphatic heterocycles. The van der Waals surface area contributed by atoms with Crippen LogP contribution in [0.15, 0.2) is 18.2 Å². The summed E-state index contributed by atoms with van der Waals surface area (Å²) in [5, 5.41) is 7.27. The van der Waals surface area contributed by atoms with Gasteiger partial charge in [-0.05, 0) is 45.0 Å². The molecular formula is C18H26N4O2. The Morgan fingerprint density at radius 1 is 1.33 bits per heavy atom. The van der Waals surface area contributed by atoms with Gasteiger partial charge in [-0.2, -0.15) is 5.10 Å². The molecule has 0 unspecified atom stereocenters. The molecule has 1 aromatic heterocycles. The maximum Gasteiger partial charge on any atom is 0.238 e. The van der Waals surface area contributed by atoms with E-state index >= 15 is 0 Å². The number of anilines is 1. The Morgan fingerprint density at radius 2 is 2.04 bits per heavy atom. The Labute approximate surface area is 143 Å². The van der Waals surface area contributed by atoms with Gasteiger partial charge in [-0.25, -0.2) is 0 Å². The molecule has 6 heteroatoms. The van der Waals surface area contributed by atoms with Gasteiger partial charge in [-0.1, -0.05) is 12.1 Å². The molecule has 0 radical (unpaired) electrons. The topological polar surface area (TPSA) is 59.4 Å². The second-order valence-electron chi connectivity index (χ2n) is 6.19. The molecule has 6 nitrogen and oxygen atoms in total. The molecule has 0 spiro atoms. The highest BCUT2D eigenvalue weighted by Crippen LogP contribution is 2.20. The molecule has 2 aromatic rings. The van der Waals surface area contributed by atoms with Gasteiger partial charge in [0.1, 0.15) is 5.75 Å². The molecule has 0 saturated heterocycles. The maximum atomic E-state index is 12.3. The van der Waals surface area contributed by atoms with Crippen LogP contribution < -0.4 is 10.1 Å². The largest absolute Gasteiger partial charge is 0.496 e. The van der Waals surface area contributed by atoms with E-state index < -0.39 is 0 Å². The third kappa shape index (κ3) is 4.14. The summed E-state index contributed by atoms with van der Waals surface area (Å²) in [6.45, 7) is 6.87. The van der Waals surface area contributed by atoms with Crippen molar-refractivity contribution in [3.05, 3.63) is 40.7 Å². The van der Waals surface area contributed by atoms with Crippen molar-refractivity contribution in [3.8, 4) is 5.75 Å². The predicted molar refractivity (Wildman–Crippen MR) is 95.4 cm³/mol. The zero-order valence-electron chi connectivity index (χ0n) is 15.3. The second kappa shape index (κ2) is 7.49. The maximum absolute atomic E-state index is 12.3. The fraction of sp³-hybridized carbons (Fsp3) is 0.444. The molecule has 130 valence electrons. The molecule has 0 bridgehead atoms. The molecule has 1 amide bonds. The first-order valence-corrected chi connectivity index (χ1v) is 7.94. The number of hydrogen-bond donors (Lipinski definition) is 1. The van der Waals surface area contributed by atoms with Gasteiger partial charge in [-0.15, -0.1) is 0 Å². The molecule has 0 aliphatic carbocycles. The number of methoxy groups -OCH3 is 1. The van der Waals surface area contributed by atoms with E-state index in [9.17, 15) is 4.79 Å². The van der Waals surface area contributed by atoms with Crippen LogP contribution in [0.2, 0.25) is 0 Å². The van der Waals surface area contributed by atoms with Gasteiger partial charge in [0, 0.05) is 13.6 Å². The van der Waals surface area contributed by atoms with Crippen molar-refractivity contribution < 1.29 is 9.53 Å². The molecular weight excluding hydrogens is 304 g/mol. The highest BCUT2D eigenvalue weighted by Gasteiger charge is 2.14. The standard InChI is InChI=1S/C18H26N4O2/c1-12-9-15(7-8-16(12)24-6)10-21(4)11-17(23)19-18-13(2)20-22(5)14(18)3/h7-9H,10-11H2,1-6H3,(H,19,23). The van der Waals surface area contributed by atoms with Gasteiger partial charge in [0.2, 0.25) is 5.91 Å². The fourth-order valence-corrected chi connectivity index (χ4v) is 2.79. The highest BCUT2D eigenvalue weighted by molar-refractivity contribution is 5.93. The minimum atomic E-state index is -0.0399. The number of nitrogens with zero attached hydrogens (tertiary/aromatic N) is 3. The van der Waals surface area contributed by atoms with Gasteiger partial charge in [0.25, 0.3) is 0 Å². The van der Waals surface area contributed by atoms with Gasteiger partial charge >= 0.3 is 0 Å². The van der Waals surface area contributed by atoms with Gasteiger partial charge in [-0.3, -0.25) is 14.4 Å². The van der Waals surface area contributed by atoms with Crippen LogP contribution in [-0.4, -0.2) is 41.3 Å². The minimum Gasteiger partial charge on any atom is -0.496 e. The monoisotopic (exact) mass is 330 g/mol. The number of rotatable bonds is 6. The minimum absolute atomic E-state index is 0.0399. The summed E-state index contributed by atoms with van der Waals surface area (Å²) < 4.78 is 7.05. The Balaban J connectivity index is 1.95. The number of carbonyl (C=O) groups excluding carboxylic acids is 1. The second-order valence-corrected chi connectivity index (χ2v) is 6.19. The molecule has 1 aromatic carbocycles. The number of nitrogens with one attached hydrogen (secondary N) is 1. The van der Waals surface area contributed by atoms with Crippen molar-refractivity contribution in [1.29, 1.82) is 0 Å². The van der Waals surface area contributed by atoms with Crippen LogP contribution in [0.3, 0.4) is 0 Å². The summed E-state index contributed by atoms with van der Waals surface area (Å²) in [5.41, 5.74) is 4.83. The van der Waals surface area contributed by atoms with Crippen LogP contribution >= 0.6 is 0 Å². The summed E-state index contributed by atoms with van der Waals surface area (Å²) in [6.07, 6.45) is 0. The number of aryl methyl sites for hydroxylation is 3. The summed E-state index contributed by atoms with van der Waals surface area (Å²) in [6, 6.07) is 6.07. The number of amides is 1. The normalized spacial score (nSPS) is 11.0. The van der Waals surface area contributed by atoms with Gasteiger partial charge in [0.05, 0.1) is 30.7 Å². The molecule has 0 aliphatic rings. The Morgan fingerprint density at radius 3 is 2.58 bits per heavy atom. The van der Waals surface area contributed by atoms with Crippen LogP contribution in [0.4, 0.5) is 5.69 Å². The molecule has 0 saturated carbocycles. The molecule has 0 fully saturated rings. The van der Waals surface area contributed by atoms with Crippen molar-refractivity contribution in [2.45, 2.75) is 27.3 Å². The number of carbonyl (C=O) groups is 1. The number of hydrogen-bond acceptors (Lipinski definition) is 4. The van der Waals surface area contributed by atoms with Crippen LogP contribution in [0.1, 0.15) is 22.5 Å². The predicted octanol–water partition coefficient (Wildman–Crippen LogP) is 2.42. The van der Waals surface area contributed by atoms with E-state index in [2.05, 4.69) is 16.5 Å². The van der Waals surface area contributed by atoms with Crippen molar-refractivity contribution in [3.63, 3.8) is 0 Å². The SMILES string of the molecule is COc1ccc(CN(C)CC(=O)Nc2c(C)nn(C)c2C)cc1C. The number of ether oxygens (including phenoxy) is 1. The Hall–Kier alpha value is -2.34. The van der Waals surface area contributed by atoms with E-state index in [0.717, 1.165) is 34.0 Å². The Kier molecular flexibility index (Phi) is 5.62. The highest BCUT2D eigenvalue weighted by atomic mass is 16.5. The van der Waals surface area contributed by atoms with Crippen LogP contribution in [0, 0.1) is 20.8 Å². The average Bonchev–Trinajstić information content (AvgIpc) is 2.73. The van der Waals surface area contributed by atoms with E-state index in [0.29, 0.717) is 13.1 Å². The first-order chi connectivity index (χ1) is 11.3. The van der Waals surface area contributed by atoms with Gasteiger partial charge < -0.3 is 10.1 Å². The summed E-state index contributed by atoms with van der Waals surface area (Å²) in [4.78, 5) is 14.3. The molecule has 1 heterocycles. The first-order valence-electron chi connectivity index (χ1n) is 7.94. The quantitative estimate of drug-likeness (QED) is 0.884. The van der Waals surface area contributed by atoms with E-state index in [1.165, 1.54) is 0 Å². The fourth-order valence-electron chi connectivity index (χ4n) is 2.79. The lowest BCUT2D eigenvalue weighted by atomic mass is 10.1. The summed E-state index contributed by atoms with van der Waals surface area (Å²) >= 11 is 0.